The number of rotatable bonds is 7. The van der Waals surface area contributed by atoms with E-state index in [9.17, 15) is 14.9 Å². The summed E-state index contributed by atoms with van der Waals surface area (Å²) in [5.41, 5.74) is -0.0759. The summed E-state index contributed by atoms with van der Waals surface area (Å²) in [6, 6.07) is 2.65. The van der Waals surface area contributed by atoms with Crippen LogP contribution in [-0.4, -0.2) is 36.0 Å². The third-order valence-corrected chi connectivity index (χ3v) is 2.29. The van der Waals surface area contributed by atoms with Crippen LogP contribution in [0, 0.1) is 10.1 Å². The van der Waals surface area contributed by atoms with Crippen molar-refractivity contribution < 1.29 is 9.72 Å². The van der Waals surface area contributed by atoms with Crippen LogP contribution in [0.4, 0.5) is 17.3 Å². The number of nitrogens with zero attached hydrogens (tertiary/aromatic N) is 2. The molecule has 0 bridgehead atoms. The van der Waals surface area contributed by atoms with E-state index in [1.807, 2.05) is 6.92 Å². The Kier molecular flexibility index (Phi) is 5.52. The number of nitrogens with one attached hydrogen (secondary N) is 3. The quantitative estimate of drug-likeness (QED) is 0.501. The molecule has 8 nitrogen and oxygen atoms in total. The fourth-order valence-electron chi connectivity index (χ4n) is 1.31. The molecule has 0 atom stereocenters. The Morgan fingerprint density at radius 2 is 2.00 bits per heavy atom. The van der Waals surface area contributed by atoms with E-state index in [-0.39, 0.29) is 24.0 Å². The Morgan fingerprint density at radius 3 is 2.53 bits per heavy atom. The van der Waals surface area contributed by atoms with Gasteiger partial charge >= 0.3 is 0 Å². The first kappa shape index (κ1) is 14.7. The van der Waals surface area contributed by atoms with E-state index in [4.69, 9.17) is 0 Å². The van der Waals surface area contributed by atoms with Crippen LogP contribution in [0.25, 0.3) is 0 Å². The Bertz CT molecular complexity index is 464. The summed E-state index contributed by atoms with van der Waals surface area (Å²) in [6.07, 6.45) is 0.880. The predicted octanol–water partition coefficient (Wildman–Crippen LogP) is 0.970. The fraction of sp³-hybridized carbons (Fsp3) is 0.455. The molecule has 104 valence electrons. The van der Waals surface area contributed by atoms with E-state index >= 15 is 0 Å². The van der Waals surface area contributed by atoms with Gasteiger partial charge in [-0.05, 0) is 6.42 Å². The smallest absolute Gasteiger partial charge is 0.276 e. The Hall–Kier alpha value is -2.38. The zero-order valence-corrected chi connectivity index (χ0v) is 10.9. The molecule has 3 N–H and O–H groups in total. The summed E-state index contributed by atoms with van der Waals surface area (Å²) >= 11 is 0. The monoisotopic (exact) mass is 267 g/mol. The van der Waals surface area contributed by atoms with E-state index in [2.05, 4.69) is 20.9 Å². The van der Waals surface area contributed by atoms with Crippen molar-refractivity contribution in [1.29, 1.82) is 0 Å². The van der Waals surface area contributed by atoms with Crippen LogP contribution in [0.5, 0.6) is 0 Å². The van der Waals surface area contributed by atoms with Gasteiger partial charge in [0.25, 0.3) is 5.69 Å². The molecule has 0 unspecified atom stereocenters. The minimum Gasteiger partial charge on any atom is -0.370 e. The Labute approximate surface area is 110 Å². The van der Waals surface area contributed by atoms with Gasteiger partial charge in [-0.25, -0.2) is 4.98 Å². The molecule has 19 heavy (non-hydrogen) atoms. The summed E-state index contributed by atoms with van der Waals surface area (Å²) in [5, 5.41) is 19.0. The first-order valence-electron chi connectivity index (χ1n) is 5.91. The maximum Gasteiger partial charge on any atom is 0.276 e. The average Bonchev–Trinajstić information content (AvgIpc) is 2.42. The lowest BCUT2D eigenvalue weighted by atomic mass is 10.3. The Morgan fingerprint density at radius 1 is 1.37 bits per heavy atom. The number of carbonyl (C=O) groups excluding carboxylic acids is 1. The summed E-state index contributed by atoms with van der Waals surface area (Å²) in [5.74, 6) is 0.475. The highest BCUT2D eigenvalue weighted by molar-refractivity contribution is 5.80. The van der Waals surface area contributed by atoms with Gasteiger partial charge in [0.2, 0.25) is 5.91 Å². The van der Waals surface area contributed by atoms with Gasteiger partial charge in [0.05, 0.1) is 23.6 Å². The van der Waals surface area contributed by atoms with Crippen molar-refractivity contribution in [3.05, 3.63) is 22.2 Å². The van der Waals surface area contributed by atoms with Crippen molar-refractivity contribution >= 4 is 23.2 Å². The van der Waals surface area contributed by atoms with Gasteiger partial charge in [-0.15, -0.1) is 0 Å². The molecular weight excluding hydrogens is 250 g/mol. The number of likely N-dealkylation sites (N-methyl/N-ethyl adjacent to an activating group) is 1. The maximum absolute atomic E-state index is 11.1. The molecule has 0 aliphatic carbocycles. The van der Waals surface area contributed by atoms with Crippen molar-refractivity contribution in [1.82, 2.24) is 10.3 Å². The highest BCUT2D eigenvalue weighted by Crippen LogP contribution is 2.20. The second-order valence-corrected chi connectivity index (χ2v) is 3.81. The molecule has 0 aliphatic rings. The molecule has 0 aliphatic heterocycles. The predicted molar refractivity (Wildman–Crippen MR) is 72.2 cm³/mol. The number of carbonyl (C=O) groups is 1. The molecule has 1 rings (SSSR count). The first-order chi connectivity index (χ1) is 9.06. The maximum atomic E-state index is 11.1. The van der Waals surface area contributed by atoms with E-state index in [1.54, 1.807) is 0 Å². The molecular formula is C11H17N5O3. The highest BCUT2D eigenvalue weighted by atomic mass is 16.6. The number of aromatic nitrogens is 1. The fourth-order valence-corrected chi connectivity index (χ4v) is 1.31. The van der Waals surface area contributed by atoms with E-state index in [1.165, 1.54) is 19.2 Å². The van der Waals surface area contributed by atoms with Crippen LogP contribution in [0.2, 0.25) is 0 Å². The zero-order valence-electron chi connectivity index (χ0n) is 10.9. The van der Waals surface area contributed by atoms with Crippen LogP contribution >= 0.6 is 0 Å². The van der Waals surface area contributed by atoms with E-state index < -0.39 is 4.92 Å². The first-order valence-corrected chi connectivity index (χ1v) is 5.91. The molecule has 1 amide bonds. The number of nitro groups is 1. The molecule has 0 radical (unpaired) electrons. The molecule has 0 spiro atoms. The normalized spacial score (nSPS) is 9.79. The standard InChI is InChI=1S/C11H17N5O3/c1-3-4-13-9-5-8(16(18)19)6-10(15-9)14-7-11(17)12-2/h5-6H,3-4,7H2,1-2H3,(H,12,17)(H2,13,14,15). The van der Waals surface area contributed by atoms with Crippen molar-refractivity contribution in [2.45, 2.75) is 13.3 Å². The van der Waals surface area contributed by atoms with Gasteiger partial charge in [0, 0.05) is 13.6 Å². The summed E-state index contributed by atoms with van der Waals surface area (Å²) in [6.45, 7) is 2.66. The van der Waals surface area contributed by atoms with Crippen LogP contribution in [0.15, 0.2) is 12.1 Å². The number of pyridine rings is 1. The SMILES string of the molecule is CCCNc1cc([N+](=O)[O-])cc(NCC(=O)NC)n1. The van der Waals surface area contributed by atoms with Crippen LogP contribution in [0.3, 0.4) is 0 Å². The number of amides is 1. The second kappa shape index (κ2) is 7.14. The molecule has 8 heteroatoms. The third-order valence-electron chi connectivity index (χ3n) is 2.29. The van der Waals surface area contributed by atoms with Crippen molar-refractivity contribution in [3.8, 4) is 0 Å². The molecule has 1 aromatic heterocycles. The van der Waals surface area contributed by atoms with Gasteiger partial charge in [-0.1, -0.05) is 6.92 Å². The molecule has 0 aromatic carbocycles. The van der Waals surface area contributed by atoms with E-state index in [0.29, 0.717) is 12.4 Å². The van der Waals surface area contributed by atoms with Gasteiger partial charge in [0.1, 0.15) is 11.6 Å². The van der Waals surface area contributed by atoms with Gasteiger partial charge in [-0.2, -0.15) is 0 Å². The Balaban J connectivity index is 2.86. The van der Waals surface area contributed by atoms with Gasteiger partial charge in [-0.3, -0.25) is 14.9 Å². The molecule has 1 heterocycles. The highest BCUT2D eigenvalue weighted by Gasteiger charge is 2.11. The van der Waals surface area contributed by atoms with Crippen LogP contribution in [0.1, 0.15) is 13.3 Å². The van der Waals surface area contributed by atoms with E-state index in [0.717, 1.165) is 6.42 Å². The molecule has 0 saturated carbocycles. The van der Waals surface area contributed by atoms with Crippen molar-refractivity contribution in [2.24, 2.45) is 0 Å². The molecule has 0 fully saturated rings. The number of hydrogen-bond donors (Lipinski definition) is 3. The lowest BCUT2D eigenvalue weighted by Crippen LogP contribution is -2.26. The zero-order chi connectivity index (χ0) is 14.3. The topological polar surface area (TPSA) is 109 Å². The van der Waals surface area contributed by atoms with Crippen molar-refractivity contribution in [3.63, 3.8) is 0 Å². The van der Waals surface area contributed by atoms with Gasteiger partial charge < -0.3 is 16.0 Å². The lowest BCUT2D eigenvalue weighted by molar-refractivity contribution is -0.384. The number of hydrogen-bond acceptors (Lipinski definition) is 6. The lowest BCUT2D eigenvalue weighted by Gasteiger charge is -2.08. The minimum atomic E-state index is -0.496. The average molecular weight is 267 g/mol. The second-order valence-electron chi connectivity index (χ2n) is 3.81. The van der Waals surface area contributed by atoms with Crippen molar-refractivity contribution in [2.75, 3.05) is 30.8 Å². The van der Waals surface area contributed by atoms with Crippen LogP contribution in [-0.2, 0) is 4.79 Å². The van der Waals surface area contributed by atoms with Crippen LogP contribution < -0.4 is 16.0 Å². The molecule has 1 aromatic rings. The summed E-state index contributed by atoms with van der Waals surface area (Å²) < 4.78 is 0. The largest absolute Gasteiger partial charge is 0.370 e. The summed E-state index contributed by atoms with van der Waals surface area (Å²) in [4.78, 5) is 25.6. The van der Waals surface area contributed by atoms with Gasteiger partial charge in [0.15, 0.2) is 0 Å². The molecule has 0 saturated heterocycles. The minimum absolute atomic E-state index is 0.0118. The number of anilines is 2. The summed E-state index contributed by atoms with van der Waals surface area (Å²) in [7, 11) is 1.51. The third kappa shape index (κ3) is 4.78.